The highest BCUT2D eigenvalue weighted by molar-refractivity contribution is 6.31. The summed E-state index contributed by atoms with van der Waals surface area (Å²) in [5.41, 5.74) is 0.815. The molecule has 0 saturated carbocycles. The number of nitrogens with zero attached hydrogens (tertiary/aromatic N) is 1. The van der Waals surface area contributed by atoms with Crippen LogP contribution in [0.2, 0.25) is 5.02 Å². The van der Waals surface area contributed by atoms with Crippen LogP contribution in [0.4, 0.5) is 0 Å². The highest BCUT2D eigenvalue weighted by atomic mass is 35.5. The Hall–Kier alpha value is -3.29. The van der Waals surface area contributed by atoms with Crippen molar-refractivity contribution in [2.45, 2.75) is 6.04 Å². The normalized spacial score (nSPS) is 16.7. The quantitative estimate of drug-likeness (QED) is 0.576. The number of ether oxygens (including phenoxy) is 1. The van der Waals surface area contributed by atoms with Gasteiger partial charge < -0.3 is 24.3 Å². The number of ketones is 1. The fraction of sp³-hybridized carbons (Fsp3) is 0.182. The zero-order valence-corrected chi connectivity index (χ0v) is 16.7. The number of methoxy groups -OCH3 is 1. The molecule has 2 N–H and O–H groups in total. The molecule has 2 heterocycles. The Morgan fingerprint density at radius 2 is 2.00 bits per heavy atom. The Morgan fingerprint density at radius 3 is 2.73 bits per heavy atom. The van der Waals surface area contributed by atoms with Gasteiger partial charge in [-0.25, -0.2) is 0 Å². The van der Waals surface area contributed by atoms with Gasteiger partial charge in [0.25, 0.3) is 5.91 Å². The summed E-state index contributed by atoms with van der Waals surface area (Å²) in [6, 6.07) is 11.7. The van der Waals surface area contributed by atoms with E-state index < -0.39 is 23.5 Å². The van der Waals surface area contributed by atoms with E-state index in [1.165, 1.54) is 30.2 Å². The number of aliphatic hydroxyl groups is 1. The monoisotopic (exact) mass is 427 g/mol. The number of carbonyl (C=O) groups is 2. The number of fused-ring (bicyclic) bond motifs is 1. The predicted molar refractivity (Wildman–Crippen MR) is 110 cm³/mol. The fourth-order valence-electron chi connectivity index (χ4n) is 3.61. The number of amides is 1. The summed E-state index contributed by atoms with van der Waals surface area (Å²) in [4.78, 5) is 27.4. The number of Topliss-reactive ketones (excluding diaryl/α,β-unsaturated/α-hetero) is 1. The van der Waals surface area contributed by atoms with Crippen molar-refractivity contribution in [3.05, 3.63) is 76.2 Å². The Labute approximate surface area is 176 Å². The third kappa shape index (κ3) is 3.42. The third-order valence-electron chi connectivity index (χ3n) is 4.97. The molecular formula is C22H18ClNO6. The molecule has 7 nitrogen and oxygen atoms in total. The molecule has 4 rings (SSSR count). The Kier molecular flexibility index (Phi) is 5.24. The standard InChI is InChI=1S/C22H18ClNO6/c1-29-8-7-24-19(12-3-2-4-15(25)10-12)18(21(27)22(24)28)20(26)17-11-13-9-14(23)5-6-16(13)30-17/h2-6,9-11,19,25,27H,7-8H2,1H3. The maximum Gasteiger partial charge on any atom is 0.290 e. The number of phenolic OH excluding ortho intramolecular Hbond substituents is 1. The first-order valence-electron chi connectivity index (χ1n) is 9.16. The summed E-state index contributed by atoms with van der Waals surface area (Å²) in [6.07, 6.45) is 0. The van der Waals surface area contributed by atoms with Crippen LogP contribution in [0.1, 0.15) is 22.2 Å². The minimum absolute atomic E-state index is 0.0248. The average molecular weight is 428 g/mol. The maximum absolute atomic E-state index is 13.3. The molecular weight excluding hydrogens is 410 g/mol. The molecule has 0 fully saturated rings. The van der Waals surface area contributed by atoms with E-state index in [0.717, 1.165) is 0 Å². The molecule has 1 aliphatic rings. The molecule has 1 amide bonds. The Bertz CT molecular complexity index is 1180. The molecule has 2 aromatic carbocycles. The first-order valence-corrected chi connectivity index (χ1v) is 9.54. The first kappa shape index (κ1) is 20.0. The summed E-state index contributed by atoms with van der Waals surface area (Å²) in [7, 11) is 1.49. The van der Waals surface area contributed by atoms with Gasteiger partial charge in [-0.05, 0) is 42.0 Å². The molecule has 1 aliphatic heterocycles. The van der Waals surface area contributed by atoms with Gasteiger partial charge in [0.1, 0.15) is 11.3 Å². The smallest absolute Gasteiger partial charge is 0.290 e. The van der Waals surface area contributed by atoms with Crippen LogP contribution in [-0.2, 0) is 9.53 Å². The van der Waals surface area contributed by atoms with Gasteiger partial charge in [0.15, 0.2) is 11.5 Å². The fourth-order valence-corrected chi connectivity index (χ4v) is 3.79. The van der Waals surface area contributed by atoms with E-state index in [9.17, 15) is 19.8 Å². The second-order valence-corrected chi connectivity index (χ2v) is 7.31. The molecule has 8 heteroatoms. The summed E-state index contributed by atoms with van der Waals surface area (Å²) in [5.74, 6) is -2.02. The van der Waals surface area contributed by atoms with Gasteiger partial charge in [-0.1, -0.05) is 23.7 Å². The van der Waals surface area contributed by atoms with E-state index in [0.29, 0.717) is 21.6 Å². The van der Waals surface area contributed by atoms with Crippen LogP contribution >= 0.6 is 11.6 Å². The topological polar surface area (TPSA) is 100 Å². The molecule has 1 atom stereocenters. The molecule has 3 aromatic rings. The molecule has 154 valence electrons. The molecule has 30 heavy (non-hydrogen) atoms. The van der Waals surface area contributed by atoms with Gasteiger partial charge in [-0.15, -0.1) is 0 Å². The van der Waals surface area contributed by atoms with Crippen LogP contribution < -0.4 is 0 Å². The zero-order valence-electron chi connectivity index (χ0n) is 16.0. The second-order valence-electron chi connectivity index (χ2n) is 6.87. The van der Waals surface area contributed by atoms with Gasteiger partial charge in [-0.3, -0.25) is 9.59 Å². The minimum atomic E-state index is -0.899. The van der Waals surface area contributed by atoms with Crippen LogP contribution in [0.3, 0.4) is 0 Å². The van der Waals surface area contributed by atoms with E-state index >= 15 is 0 Å². The van der Waals surface area contributed by atoms with E-state index in [-0.39, 0.29) is 30.2 Å². The van der Waals surface area contributed by atoms with Crippen LogP contribution in [0.5, 0.6) is 5.75 Å². The predicted octanol–water partition coefficient (Wildman–Crippen LogP) is 4.02. The van der Waals surface area contributed by atoms with Crippen molar-refractivity contribution in [3.8, 4) is 5.75 Å². The Balaban J connectivity index is 1.81. The number of rotatable bonds is 6. The average Bonchev–Trinajstić information content (AvgIpc) is 3.25. The molecule has 0 radical (unpaired) electrons. The highest BCUT2D eigenvalue weighted by Gasteiger charge is 2.44. The highest BCUT2D eigenvalue weighted by Crippen LogP contribution is 2.40. The number of hydrogen-bond acceptors (Lipinski definition) is 6. The van der Waals surface area contributed by atoms with Gasteiger partial charge in [0.2, 0.25) is 5.78 Å². The number of furan rings is 1. The van der Waals surface area contributed by atoms with Crippen LogP contribution in [0, 0.1) is 0 Å². The van der Waals surface area contributed by atoms with Crippen LogP contribution in [-0.4, -0.2) is 47.1 Å². The lowest BCUT2D eigenvalue weighted by Crippen LogP contribution is -2.33. The van der Waals surface area contributed by atoms with Crippen molar-refractivity contribution >= 4 is 34.3 Å². The number of aromatic hydroxyl groups is 1. The van der Waals surface area contributed by atoms with Crippen molar-refractivity contribution in [1.82, 2.24) is 4.90 Å². The largest absolute Gasteiger partial charge is 0.508 e. The molecule has 0 saturated heterocycles. The van der Waals surface area contributed by atoms with Crippen molar-refractivity contribution in [2.24, 2.45) is 0 Å². The van der Waals surface area contributed by atoms with Crippen molar-refractivity contribution < 1.29 is 29.0 Å². The van der Waals surface area contributed by atoms with Crippen molar-refractivity contribution in [2.75, 3.05) is 20.3 Å². The lowest BCUT2D eigenvalue weighted by Gasteiger charge is -2.26. The Morgan fingerprint density at radius 1 is 1.20 bits per heavy atom. The van der Waals surface area contributed by atoms with Gasteiger partial charge >= 0.3 is 0 Å². The summed E-state index contributed by atoms with van der Waals surface area (Å²) < 4.78 is 10.7. The second kappa shape index (κ2) is 7.85. The first-order chi connectivity index (χ1) is 14.4. The minimum Gasteiger partial charge on any atom is -0.508 e. The lowest BCUT2D eigenvalue weighted by molar-refractivity contribution is -0.130. The van der Waals surface area contributed by atoms with E-state index in [4.69, 9.17) is 20.8 Å². The van der Waals surface area contributed by atoms with E-state index in [1.54, 1.807) is 30.3 Å². The molecule has 0 aliphatic carbocycles. The van der Waals surface area contributed by atoms with Gasteiger partial charge in [0, 0.05) is 24.1 Å². The number of halogens is 1. The van der Waals surface area contributed by atoms with Crippen molar-refractivity contribution in [3.63, 3.8) is 0 Å². The van der Waals surface area contributed by atoms with Gasteiger partial charge in [0.05, 0.1) is 18.2 Å². The SMILES string of the molecule is COCCN1C(=O)C(O)=C(C(=O)c2cc3cc(Cl)ccc3o2)C1c1cccc(O)c1. The van der Waals surface area contributed by atoms with Gasteiger partial charge in [-0.2, -0.15) is 0 Å². The number of carbonyl (C=O) groups excluding carboxylic acids is 2. The number of hydrogen-bond donors (Lipinski definition) is 2. The lowest BCUT2D eigenvalue weighted by atomic mass is 9.95. The maximum atomic E-state index is 13.3. The molecule has 0 bridgehead atoms. The molecule has 1 unspecified atom stereocenters. The molecule has 1 aromatic heterocycles. The van der Waals surface area contributed by atoms with Crippen molar-refractivity contribution in [1.29, 1.82) is 0 Å². The van der Waals surface area contributed by atoms with Crippen LogP contribution in [0.25, 0.3) is 11.0 Å². The zero-order chi connectivity index (χ0) is 21.4. The van der Waals surface area contributed by atoms with Crippen LogP contribution in [0.15, 0.2) is 64.3 Å². The number of benzene rings is 2. The third-order valence-corrected chi connectivity index (χ3v) is 5.21. The van der Waals surface area contributed by atoms with E-state index in [1.807, 2.05) is 0 Å². The molecule has 0 spiro atoms. The van der Waals surface area contributed by atoms with E-state index in [2.05, 4.69) is 0 Å². The number of phenols is 1. The number of aliphatic hydroxyl groups excluding tert-OH is 1. The summed E-state index contributed by atoms with van der Waals surface area (Å²) >= 11 is 6.00. The summed E-state index contributed by atoms with van der Waals surface area (Å²) in [6.45, 7) is 0.352. The summed E-state index contributed by atoms with van der Waals surface area (Å²) in [5, 5.41) is 21.6.